The van der Waals surface area contributed by atoms with Crippen molar-refractivity contribution in [3.63, 3.8) is 0 Å². The predicted molar refractivity (Wildman–Crippen MR) is 75.6 cm³/mol. The highest BCUT2D eigenvalue weighted by molar-refractivity contribution is 7.88. The highest BCUT2D eigenvalue weighted by Crippen LogP contribution is 2.28. The zero-order valence-corrected chi connectivity index (χ0v) is 13.0. The predicted octanol–water partition coefficient (Wildman–Crippen LogP) is 0.0298. The van der Waals surface area contributed by atoms with Crippen molar-refractivity contribution in [1.82, 2.24) is 9.21 Å². The summed E-state index contributed by atoms with van der Waals surface area (Å²) in [6.07, 6.45) is 4.28. The summed E-state index contributed by atoms with van der Waals surface area (Å²) in [5.74, 6) is 0.123. The van der Waals surface area contributed by atoms with Crippen LogP contribution in [-0.4, -0.2) is 66.7 Å². The number of aliphatic hydroxyl groups excluding tert-OH is 1. The van der Waals surface area contributed by atoms with Gasteiger partial charge in [0.1, 0.15) is 6.04 Å². The molecule has 3 unspecified atom stereocenters. The molecule has 7 heteroatoms. The van der Waals surface area contributed by atoms with E-state index in [-0.39, 0.29) is 24.5 Å². The lowest BCUT2D eigenvalue weighted by molar-refractivity contribution is -0.138. The molecule has 0 aromatic heterocycles. The number of sulfonamides is 1. The molecule has 0 aromatic rings. The fraction of sp³-hybridized carbons (Fsp3) is 0.923. The minimum Gasteiger partial charge on any atom is -0.394 e. The molecule has 3 atom stereocenters. The summed E-state index contributed by atoms with van der Waals surface area (Å²) in [7, 11) is -3.36. The van der Waals surface area contributed by atoms with Crippen LogP contribution < -0.4 is 0 Å². The van der Waals surface area contributed by atoms with E-state index in [2.05, 4.69) is 0 Å². The second-order valence-corrected chi connectivity index (χ2v) is 7.87. The van der Waals surface area contributed by atoms with Crippen molar-refractivity contribution in [2.75, 3.05) is 26.0 Å². The van der Waals surface area contributed by atoms with Crippen molar-refractivity contribution in [3.05, 3.63) is 0 Å². The lowest BCUT2D eigenvalue weighted by atomic mass is 10.0. The van der Waals surface area contributed by atoms with Gasteiger partial charge in [-0.2, -0.15) is 4.31 Å². The summed E-state index contributed by atoms with van der Waals surface area (Å²) in [6.45, 7) is 2.99. The molecule has 0 saturated carbocycles. The number of carbonyl (C=O) groups is 1. The Balaban J connectivity index is 2.18. The summed E-state index contributed by atoms with van der Waals surface area (Å²) < 4.78 is 25.0. The van der Waals surface area contributed by atoms with Gasteiger partial charge in [-0.25, -0.2) is 8.42 Å². The van der Waals surface area contributed by atoms with Gasteiger partial charge in [-0.05, 0) is 25.2 Å². The summed E-state index contributed by atoms with van der Waals surface area (Å²) in [4.78, 5) is 14.4. The van der Waals surface area contributed by atoms with Gasteiger partial charge in [-0.1, -0.05) is 13.3 Å². The lowest BCUT2D eigenvalue weighted by Crippen LogP contribution is -2.54. The molecule has 2 aliphatic heterocycles. The number of rotatable bonds is 3. The third-order valence-corrected chi connectivity index (χ3v) is 5.81. The number of likely N-dealkylation sites (tertiary alicyclic amines) is 1. The molecule has 1 amide bonds. The zero-order valence-electron chi connectivity index (χ0n) is 12.2. The summed E-state index contributed by atoms with van der Waals surface area (Å²) in [5, 5.41) is 9.45. The van der Waals surface area contributed by atoms with Crippen molar-refractivity contribution < 1.29 is 18.3 Å². The maximum atomic E-state index is 12.7. The third kappa shape index (κ3) is 2.99. The Morgan fingerprint density at radius 2 is 1.95 bits per heavy atom. The zero-order chi connectivity index (χ0) is 14.9. The van der Waals surface area contributed by atoms with Gasteiger partial charge in [-0.15, -0.1) is 0 Å². The highest BCUT2D eigenvalue weighted by Gasteiger charge is 2.41. The van der Waals surface area contributed by atoms with Crippen molar-refractivity contribution in [1.29, 1.82) is 0 Å². The van der Waals surface area contributed by atoms with E-state index >= 15 is 0 Å². The lowest BCUT2D eigenvalue weighted by Gasteiger charge is -2.36. The maximum Gasteiger partial charge on any atom is 0.241 e. The average molecular weight is 304 g/mol. The van der Waals surface area contributed by atoms with Crippen LogP contribution in [0, 0.1) is 5.92 Å². The molecule has 6 nitrogen and oxygen atoms in total. The van der Waals surface area contributed by atoms with E-state index in [0.29, 0.717) is 19.5 Å². The van der Waals surface area contributed by atoms with E-state index in [1.807, 2.05) is 6.92 Å². The minimum absolute atomic E-state index is 0.0570. The van der Waals surface area contributed by atoms with Crippen LogP contribution >= 0.6 is 0 Å². The SMILES string of the molecule is CC1CCN(C(=O)C2CCCCN2S(C)(=O)=O)C1CO. The summed E-state index contributed by atoms with van der Waals surface area (Å²) in [6, 6.07) is -0.760. The third-order valence-electron chi connectivity index (χ3n) is 4.52. The number of nitrogens with zero attached hydrogens (tertiary/aromatic N) is 2. The van der Waals surface area contributed by atoms with Crippen molar-refractivity contribution in [3.8, 4) is 0 Å². The van der Waals surface area contributed by atoms with E-state index in [1.54, 1.807) is 4.90 Å². The molecule has 2 heterocycles. The molecule has 2 aliphatic rings. The van der Waals surface area contributed by atoms with Crippen molar-refractivity contribution in [2.45, 2.75) is 44.7 Å². The quantitative estimate of drug-likeness (QED) is 0.798. The smallest absolute Gasteiger partial charge is 0.241 e. The van der Waals surface area contributed by atoms with Gasteiger partial charge >= 0.3 is 0 Å². The topological polar surface area (TPSA) is 77.9 Å². The van der Waals surface area contributed by atoms with E-state index in [9.17, 15) is 18.3 Å². The van der Waals surface area contributed by atoms with E-state index in [1.165, 1.54) is 4.31 Å². The van der Waals surface area contributed by atoms with Gasteiger partial charge in [0.2, 0.25) is 15.9 Å². The van der Waals surface area contributed by atoms with Crippen molar-refractivity contribution in [2.24, 2.45) is 5.92 Å². The Kier molecular flexibility index (Phi) is 4.71. The minimum atomic E-state index is -3.36. The molecule has 2 rings (SSSR count). The Morgan fingerprint density at radius 1 is 1.25 bits per heavy atom. The molecule has 0 aromatic carbocycles. The molecule has 0 radical (unpaired) electrons. The van der Waals surface area contributed by atoms with Crippen LogP contribution in [0.2, 0.25) is 0 Å². The number of hydrogen-bond acceptors (Lipinski definition) is 4. The fourth-order valence-electron chi connectivity index (χ4n) is 3.30. The molecule has 2 saturated heterocycles. The Hall–Kier alpha value is -0.660. The van der Waals surface area contributed by atoms with Crippen LogP contribution in [0.1, 0.15) is 32.6 Å². The molecule has 0 aliphatic carbocycles. The first-order valence-corrected chi connectivity index (χ1v) is 9.09. The number of piperidine rings is 1. The van der Waals surface area contributed by atoms with Crippen LogP contribution in [0.25, 0.3) is 0 Å². The van der Waals surface area contributed by atoms with E-state index in [4.69, 9.17) is 0 Å². The molecule has 0 bridgehead atoms. The van der Waals surface area contributed by atoms with E-state index in [0.717, 1.165) is 25.5 Å². The van der Waals surface area contributed by atoms with Crippen LogP contribution in [-0.2, 0) is 14.8 Å². The molecule has 1 N–H and O–H groups in total. The maximum absolute atomic E-state index is 12.7. The Labute approximate surface area is 120 Å². The molecular weight excluding hydrogens is 280 g/mol. The normalized spacial score (nSPS) is 32.5. The number of hydrogen-bond donors (Lipinski definition) is 1. The van der Waals surface area contributed by atoms with E-state index < -0.39 is 16.1 Å². The first-order chi connectivity index (χ1) is 9.36. The molecule has 0 spiro atoms. The van der Waals surface area contributed by atoms with Gasteiger partial charge in [0.05, 0.1) is 18.9 Å². The molecule has 2 fully saturated rings. The Bertz CT molecular complexity index is 465. The number of amides is 1. The van der Waals surface area contributed by atoms with Crippen LogP contribution in [0.5, 0.6) is 0 Å². The molecule has 116 valence electrons. The largest absolute Gasteiger partial charge is 0.394 e. The monoisotopic (exact) mass is 304 g/mol. The van der Waals surface area contributed by atoms with Crippen LogP contribution in [0.4, 0.5) is 0 Å². The van der Waals surface area contributed by atoms with Gasteiger partial charge in [0, 0.05) is 13.1 Å². The van der Waals surface area contributed by atoms with Crippen LogP contribution in [0.3, 0.4) is 0 Å². The summed E-state index contributed by atoms with van der Waals surface area (Å²) >= 11 is 0. The molecule has 20 heavy (non-hydrogen) atoms. The number of aliphatic hydroxyl groups is 1. The number of carbonyl (C=O) groups excluding carboxylic acids is 1. The van der Waals surface area contributed by atoms with Gasteiger partial charge in [0.15, 0.2) is 0 Å². The van der Waals surface area contributed by atoms with Gasteiger partial charge in [0.25, 0.3) is 0 Å². The highest BCUT2D eigenvalue weighted by atomic mass is 32.2. The fourth-order valence-corrected chi connectivity index (χ4v) is 4.42. The van der Waals surface area contributed by atoms with Gasteiger partial charge < -0.3 is 10.0 Å². The van der Waals surface area contributed by atoms with Gasteiger partial charge in [-0.3, -0.25) is 4.79 Å². The van der Waals surface area contributed by atoms with Crippen LogP contribution in [0.15, 0.2) is 0 Å². The van der Waals surface area contributed by atoms with Crippen molar-refractivity contribution >= 4 is 15.9 Å². The average Bonchev–Trinajstić information content (AvgIpc) is 2.78. The summed E-state index contributed by atoms with van der Waals surface area (Å²) in [5.41, 5.74) is 0. The standard InChI is InChI=1S/C13H24N2O4S/c1-10-6-8-14(12(10)9-16)13(17)11-5-3-4-7-15(11)20(2,18)19/h10-12,16H,3-9H2,1-2H3. The first-order valence-electron chi connectivity index (χ1n) is 7.24. The second kappa shape index (κ2) is 5.99. The molecular formula is C13H24N2O4S. The first kappa shape index (κ1) is 15.7. The second-order valence-electron chi connectivity index (χ2n) is 5.93. The Morgan fingerprint density at radius 3 is 2.55 bits per heavy atom.